The topological polar surface area (TPSA) is 83.9 Å². The Balaban J connectivity index is 1.92. The highest BCUT2D eigenvalue weighted by Crippen LogP contribution is 2.45. The summed E-state index contributed by atoms with van der Waals surface area (Å²) >= 11 is 3.36. The maximum atomic E-state index is 13.6. The summed E-state index contributed by atoms with van der Waals surface area (Å²) < 4.78 is 33.2. The molecule has 1 amide bonds. The first-order chi connectivity index (χ1) is 15.2. The van der Waals surface area contributed by atoms with Crippen molar-refractivity contribution in [2.75, 3.05) is 12.0 Å². The summed E-state index contributed by atoms with van der Waals surface area (Å²) in [6.07, 6.45) is 0. The minimum atomic E-state index is -4.17. The molecule has 0 saturated heterocycles. The second-order valence-electron chi connectivity index (χ2n) is 7.36. The quantitative estimate of drug-likeness (QED) is 0.513. The van der Waals surface area contributed by atoms with Crippen LogP contribution in [0.25, 0.3) is 0 Å². The van der Waals surface area contributed by atoms with Gasteiger partial charge in [-0.2, -0.15) is 0 Å². The van der Waals surface area contributed by atoms with Crippen molar-refractivity contribution in [2.24, 2.45) is 0 Å². The third-order valence-electron chi connectivity index (χ3n) is 5.32. The molecule has 1 atom stereocenters. The van der Waals surface area contributed by atoms with E-state index in [0.717, 1.165) is 10.0 Å². The highest BCUT2D eigenvalue weighted by Gasteiger charge is 2.47. The molecule has 1 heterocycles. The monoisotopic (exact) mass is 513 g/mol. The molecular formula is C24H20BrNO5S. The molecule has 0 fully saturated rings. The number of nitrogens with zero attached hydrogens (tertiary/aromatic N) is 1. The molecule has 1 aliphatic heterocycles. The van der Waals surface area contributed by atoms with E-state index in [9.17, 15) is 18.3 Å². The molecule has 6 nitrogen and oxygen atoms in total. The molecule has 3 aromatic carbocycles. The van der Waals surface area contributed by atoms with Gasteiger partial charge in [0, 0.05) is 10.2 Å². The normalized spacial score (nSPS) is 16.5. The Kier molecular flexibility index (Phi) is 5.83. The number of hydrogen-bond donors (Lipinski definition) is 1. The molecule has 32 heavy (non-hydrogen) atoms. The summed E-state index contributed by atoms with van der Waals surface area (Å²) in [4.78, 5) is 14.1. The molecule has 164 valence electrons. The van der Waals surface area contributed by atoms with E-state index in [-0.39, 0.29) is 9.80 Å². The first-order valence-corrected chi connectivity index (χ1v) is 12.0. The van der Waals surface area contributed by atoms with Gasteiger partial charge >= 0.3 is 0 Å². The van der Waals surface area contributed by atoms with Crippen LogP contribution in [0.1, 0.15) is 17.2 Å². The van der Waals surface area contributed by atoms with Crippen LogP contribution >= 0.6 is 15.9 Å². The number of aliphatic hydroxyl groups is 1. The largest absolute Gasteiger partial charge is 0.502 e. The second-order valence-corrected chi connectivity index (χ2v) is 10.2. The first-order valence-electron chi connectivity index (χ1n) is 9.72. The fourth-order valence-electron chi connectivity index (χ4n) is 3.66. The van der Waals surface area contributed by atoms with Crippen LogP contribution in [0.4, 0.5) is 5.69 Å². The number of benzene rings is 3. The Morgan fingerprint density at radius 3 is 2.09 bits per heavy atom. The Hall–Kier alpha value is -3.10. The summed E-state index contributed by atoms with van der Waals surface area (Å²) in [7, 11) is -2.64. The van der Waals surface area contributed by atoms with Crippen molar-refractivity contribution in [1.82, 2.24) is 0 Å². The number of halogens is 1. The number of sulfone groups is 1. The minimum absolute atomic E-state index is 0.00798. The summed E-state index contributed by atoms with van der Waals surface area (Å²) in [5.41, 5.74) is 1.88. The zero-order valence-electron chi connectivity index (χ0n) is 17.3. The Morgan fingerprint density at radius 1 is 0.938 bits per heavy atom. The number of aryl methyl sites for hydroxylation is 1. The maximum absolute atomic E-state index is 13.6. The lowest BCUT2D eigenvalue weighted by Gasteiger charge is -2.27. The molecular weight excluding hydrogens is 494 g/mol. The van der Waals surface area contributed by atoms with Crippen LogP contribution < -0.4 is 9.64 Å². The molecule has 0 spiro atoms. The van der Waals surface area contributed by atoms with E-state index < -0.39 is 27.5 Å². The van der Waals surface area contributed by atoms with Crippen LogP contribution in [0.3, 0.4) is 0 Å². The van der Waals surface area contributed by atoms with Gasteiger partial charge in [-0.25, -0.2) is 8.42 Å². The summed E-state index contributed by atoms with van der Waals surface area (Å²) in [6, 6.07) is 18.9. The van der Waals surface area contributed by atoms with Crippen molar-refractivity contribution >= 4 is 37.4 Å². The minimum Gasteiger partial charge on any atom is -0.502 e. The number of methoxy groups -OCH3 is 1. The smallest absolute Gasteiger partial charge is 0.295 e. The fraction of sp³-hybridized carbons (Fsp3) is 0.125. The Labute approximate surface area is 194 Å². The van der Waals surface area contributed by atoms with Crippen LogP contribution in [-0.2, 0) is 14.6 Å². The number of rotatable bonds is 5. The van der Waals surface area contributed by atoms with Crippen LogP contribution in [0, 0.1) is 6.92 Å². The van der Waals surface area contributed by atoms with Gasteiger partial charge in [-0.3, -0.25) is 9.69 Å². The molecule has 0 aliphatic carbocycles. The lowest BCUT2D eigenvalue weighted by molar-refractivity contribution is -0.117. The average molecular weight is 514 g/mol. The fourth-order valence-corrected chi connectivity index (χ4v) is 5.55. The molecule has 8 heteroatoms. The van der Waals surface area contributed by atoms with Gasteiger partial charge in [-0.15, -0.1) is 0 Å². The molecule has 0 bridgehead atoms. The van der Waals surface area contributed by atoms with Crippen LogP contribution in [0.2, 0.25) is 0 Å². The third kappa shape index (κ3) is 3.80. The van der Waals surface area contributed by atoms with E-state index in [4.69, 9.17) is 4.74 Å². The van der Waals surface area contributed by atoms with E-state index in [0.29, 0.717) is 17.0 Å². The number of amides is 1. The van der Waals surface area contributed by atoms with Gasteiger partial charge in [0.2, 0.25) is 9.84 Å². The summed E-state index contributed by atoms with van der Waals surface area (Å²) in [5, 5.41) is 10.8. The van der Waals surface area contributed by atoms with E-state index in [1.165, 1.54) is 24.1 Å². The third-order valence-corrected chi connectivity index (χ3v) is 7.74. The predicted molar refractivity (Wildman–Crippen MR) is 125 cm³/mol. The maximum Gasteiger partial charge on any atom is 0.295 e. The van der Waals surface area contributed by atoms with Gasteiger partial charge in [0.05, 0.1) is 12.0 Å². The van der Waals surface area contributed by atoms with Crippen molar-refractivity contribution < 1.29 is 23.1 Å². The van der Waals surface area contributed by atoms with E-state index in [2.05, 4.69) is 15.9 Å². The van der Waals surface area contributed by atoms with Crippen LogP contribution in [-0.4, -0.2) is 26.5 Å². The molecule has 1 N–H and O–H groups in total. The van der Waals surface area contributed by atoms with E-state index >= 15 is 0 Å². The predicted octanol–water partition coefficient (Wildman–Crippen LogP) is 5.10. The van der Waals surface area contributed by atoms with Gasteiger partial charge < -0.3 is 9.84 Å². The van der Waals surface area contributed by atoms with Crippen LogP contribution in [0.5, 0.6) is 5.75 Å². The van der Waals surface area contributed by atoms with Crippen molar-refractivity contribution in [2.45, 2.75) is 17.9 Å². The number of hydrogen-bond acceptors (Lipinski definition) is 5. The van der Waals surface area contributed by atoms with Gasteiger partial charge in [-0.05, 0) is 61.0 Å². The molecule has 0 radical (unpaired) electrons. The summed E-state index contributed by atoms with van der Waals surface area (Å²) in [5.74, 6) is -0.974. The number of carbonyl (C=O) groups is 1. The second kappa shape index (κ2) is 8.44. The Morgan fingerprint density at radius 2 is 1.53 bits per heavy atom. The van der Waals surface area contributed by atoms with E-state index in [1.54, 1.807) is 60.7 Å². The molecule has 1 aliphatic rings. The Bertz CT molecular complexity index is 1300. The average Bonchev–Trinajstić information content (AvgIpc) is 3.06. The first kappa shape index (κ1) is 22.1. The number of ether oxygens (including phenoxy) is 1. The number of aliphatic hydroxyl groups excluding tert-OH is 1. The van der Waals surface area contributed by atoms with Crippen molar-refractivity contribution in [3.8, 4) is 5.75 Å². The SMILES string of the molecule is COc1ccc([C@@H]2C(S(=O)(=O)c3ccc(C)cc3)=C(O)C(=O)N2c2ccc(Br)cc2)cc1. The van der Waals surface area contributed by atoms with Gasteiger partial charge in [0.25, 0.3) is 5.91 Å². The number of anilines is 1. The van der Waals surface area contributed by atoms with Crippen molar-refractivity contribution in [3.63, 3.8) is 0 Å². The van der Waals surface area contributed by atoms with Gasteiger partial charge in [0.15, 0.2) is 5.76 Å². The van der Waals surface area contributed by atoms with Gasteiger partial charge in [0.1, 0.15) is 16.7 Å². The summed E-state index contributed by atoms with van der Waals surface area (Å²) in [6.45, 7) is 1.85. The molecule has 0 unspecified atom stereocenters. The zero-order chi connectivity index (χ0) is 23.0. The highest BCUT2D eigenvalue weighted by molar-refractivity contribution is 9.10. The molecule has 3 aromatic rings. The van der Waals surface area contributed by atoms with Gasteiger partial charge in [-0.1, -0.05) is 45.8 Å². The molecule has 4 rings (SSSR count). The number of carbonyl (C=O) groups excluding carboxylic acids is 1. The lowest BCUT2D eigenvalue weighted by atomic mass is 10.1. The standard InChI is InChI=1S/C24H20BrNO5S/c1-15-3-13-20(14-4-15)32(29,30)23-21(16-5-11-19(31-2)12-6-16)26(24(28)22(23)27)18-9-7-17(25)8-10-18/h3-14,21,27H,1-2H3/t21-/m1/s1. The van der Waals surface area contributed by atoms with Crippen LogP contribution in [0.15, 0.2) is 92.8 Å². The molecule has 0 saturated carbocycles. The zero-order valence-corrected chi connectivity index (χ0v) is 19.7. The van der Waals surface area contributed by atoms with Crippen molar-refractivity contribution in [1.29, 1.82) is 0 Å². The lowest BCUT2D eigenvalue weighted by Crippen LogP contribution is -2.31. The highest BCUT2D eigenvalue weighted by atomic mass is 79.9. The van der Waals surface area contributed by atoms with Crippen molar-refractivity contribution in [3.05, 3.63) is 99.1 Å². The molecule has 0 aromatic heterocycles. The van der Waals surface area contributed by atoms with E-state index in [1.807, 2.05) is 6.92 Å².